The number of carbonyl (C=O) groups is 2. The molecule has 35 heavy (non-hydrogen) atoms. The minimum absolute atomic E-state index is 0.0391. The zero-order valence-corrected chi connectivity index (χ0v) is 19.9. The fraction of sp³-hybridized carbons (Fsp3) is 0.0400. The summed E-state index contributed by atoms with van der Waals surface area (Å²) >= 11 is 1.51. The first kappa shape index (κ1) is 22.6. The van der Waals surface area contributed by atoms with Gasteiger partial charge in [-0.2, -0.15) is 11.3 Å². The van der Waals surface area contributed by atoms with Crippen molar-refractivity contribution in [2.45, 2.75) is 11.4 Å². The Morgan fingerprint density at radius 2 is 1.77 bits per heavy atom. The molecule has 0 saturated heterocycles. The van der Waals surface area contributed by atoms with Crippen LogP contribution in [0.2, 0.25) is 0 Å². The number of nitrogen functional groups attached to an aromatic ring is 1. The Balaban J connectivity index is 1.36. The maximum atomic E-state index is 13.3. The molecule has 3 aromatic carbocycles. The number of thiophene rings is 1. The molecule has 1 aliphatic rings. The molecule has 3 amide bonds. The lowest BCUT2D eigenvalue weighted by Gasteiger charge is -2.29. The third-order valence-corrected chi connectivity index (χ3v) is 8.08. The highest BCUT2D eigenvalue weighted by atomic mass is 32.2. The number of fused-ring (bicyclic) bond motifs is 1. The number of carbonyl (C=O) groups excluding carboxylic acids is 2. The van der Waals surface area contributed by atoms with Gasteiger partial charge in [-0.3, -0.25) is 4.79 Å². The number of rotatable bonds is 5. The Labute approximate surface area is 206 Å². The van der Waals surface area contributed by atoms with Crippen LogP contribution in [0.25, 0.3) is 11.1 Å². The van der Waals surface area contributed by atoms with E-state index in [1.165, 1.54) is 11.3 Å². The van der Waals surface area contributed by atoms with E-state index in [1.54, 1.807) is 66.7 Å². The Morgan fingerprint density at radius 1 is 1.00 bits per heavy atom. The molecule has 0 radical (unpaired) electrons. The molecule has 1 aromatic heterocycles. The zero-order valence-electron chi connectivity index (χ0n) is 18.3. The maximum absolute atomic E-state index is 13.3. The summed E-state index contributed by atoms with van der Waals surface area (Å²) in [6.07, 6.45) is 0. The van der Waals surface area contributed by atoms with E-state index >= 15 is 0 Å². The molecule has 0 spiro atoms. The summed E-state index contributed by atoms with van der Waals surface area (Å²) in [5.41, 5.74) is 9.64. The van der Waals surface area contributed by atoms with Crippen LogP contribution in [0.5, 0.6) is 0 Å². The van der Waals surface area contributed by atoms with E-state index in [-0.39, 0.29) is 23.0 Å². The Bertz CT molecular complexity index is 1530. The quantitative estimate of drug-likeness (QED) is 0.331. The van der Waals surface area contributed by atoms with Gasteiger partial charge in [0.1, 0.15) is 4.90 Å². The zero-order chi connectivity index (χ0) is 24.6. The minimum atomic E-state index is -4.08. The lowest BCUT2D eigenvalue weighted by atomic mass is 10.1. The average Bonchev–Trinajstić information content (AvgIpc) is 3.39. The van der Waals surface area contributed by atoms with E-state index < -0.39 is 16.1 Å². The van der Waals surface area contributed by atoms with E-state index in [4.69, 9.17) is 5.73 Å². The van der Waals surface area contributed by atoms with Crippen LogP contribution in [-0.2, 0) is 16.6 Å². The molecule has 0 aliphatic carbocycles. The molecule has 0 bridgehead atoms. The highest BCUT2D eigenvalue weighted by Crippen LogP contribution is 2.35. The van der Waals surface area contributed by atoms with Gasteiger partial charge in [-0.15, -0.1) is 0 Å². The summed E-state index contributed by atoms with van der Waals surface area (Å²) in [4.78, 5) is 25.3. The van der Waals surface area contributed by atoms with Crippen LogP contribution in [0.15, 0.2) is 88.5 Å². The van der Waals surface area contributed by atoms with Gasteiger partial charge in [-0.25, -0.2) is 17.5 Å². The lowest BCUT2D eigenvalue weighted by Crippen LogP contribution is -2.43. The molecule has 5 rings (SSSR count). The van der Waals surface area contributed by atoms with E-state index in [2.05, 4.69) is 10.6 Å². The minimum Gasteiger partial charge on any atom is -0.397 e. The normalized spacial score (nSPS) is 14.2. The van der Waals surface area contributed by atoms with Crippen molar-refractivity contribution >= 4 is 50.4 Å². The second-order valence-corrected chi connectivity index (χ2v) is 10.5. The van der Waals surface area contributed by atoms with Crippen molar-refractivity contribution in [3.63, 3.8) is 0 Å². The number of nitrogens with two attached hydrogens (primary N) is 1. The number of amides is 3. The van der Waals surface area contributed by atoms with Gasteiger partial charge in [0.15, 0.2) is 0 Å². The number of urea groups is 1. The highest BCUT2D eigenvalue weighted by molar-refractivity contribution is 7.90. The summed E-state index contributed by atoms with van der Waals surface area (Å²) in [6.45, 7) is -0.177. The fourth-order valence-corrected chi connectivity index (χ4v) is 5.90. The molecular weight excluding hydrogens is 484 g/mol. The molecule has 2 heterocycles. The molecular formula is C25H20N4O4S2. The molecule has 4 aromatic rings. The number of benzene rings is 3. The second-order valence-electron chi connectivity index (χ2n) is 7.90. The van der Waals surface area contributed by atoms with Crippen molar-refractivity contribution in [3.8, 4) is 11.1 Å². The van der Waals surface area contributed by atoms with Crippen LogP contribution in [0.4, 0.5) is 21.9 Å². The third kappa shape index (κ3) is 4.36. The van der Waals surface area contributed by atoms with Crippen molar-refractivity contribution < 1.29 is 18.0 Å². The topological polar surface area (TPSA) is 122 Å². The number of nitrogens with zero attached hydrogens (tertiary/aromatic N) is 1. The number of anilines is 3. The largest absolute Gasteiger partial charge is 0.397 e. The van der Waals surface area contributed by atoms with Crippen molar-refractivity contribution in [2.24, 2.45) is 0 Å². The molecule has 4 N–H and O–H groups in total. The number of hydrogen-bond acceptors (Lipinski definition) is 6. The fourth-order valence-electron chi connectivity index (χ4n) is 3.74. The number of nitrogens with one attached hydrogen (secondary N) is 2. The Hall–Kier alpha value is -4.15. The monoisotopic (exact) mass is 504 g/mol. The number of sulfonamides is 1. The first-order valence-corrected chi connectivity index (χ1v) is 13.0. The number of para-hydroxylation sites is 2. The van der Waals surface area contributed by atoms with E-state index in [9.17, 15) is 18.0 Å². The van der Waals surface area contributed by atoms with Crippen LogP contribution in [0.1, 0.15) is 15.9 Å². The maximum Gasteiger partial charge on any atom is 0.336 e. The number of hydrogen-bond donors (Lipinski definition) is 3. The molecule has 0 unspecified atom stereocenters. The lowest BCUT2D eigenvalue weighted by molar-refractivity contribution is 0.102. The van der Waals surface area contributed by atoms with Crippen molar-refractivity contribution in [1.82, 2.24) is 4.31 Å². The predicted molar refractivity (Wildman–Crippen MR) is 137 cm³/mol. The van der Waals surface area contributed by atoms with Crippen LogP contribution in [-0.4, -0.2) is 24.7 Å². The van der Waals surface area contributed by atoms with Gasteiger partial charge in [0.2, 0.25) is 0 Å². The standard InChI is InChI=1S/C25H20N4O4S2/c26-20-3-1-2-4-21(20)27-24(30)17-7-5-16(6-8-17)14-29-25(31)28-22-10-9-18(19-11-12-34-15-19)13-23(22)35(29,32)33/h1-13,15H,14,26H2,(H,27,30)(H,28,31). The summed E-state index contributed by atoms with van der Waals surface area (Å²) in [5, 5.41) is 9.24. The highest BCUT2D eigenvalue weighted by Gasteiger charge is 2.37. The van der Waals surface area contributed by atoms with Crippen molar-refractivity contribution in [2.75, 3.05) is 16.4 Å². The third-order valence-electron chi connectivity index (χ3n) is 5.62. The van der Waals surface area contributed by atoms with Gasteiger partial charge in [0.25, 0.3) is 15.9 Å². The summed E-state index contributed by atoms with van der Waals surface area (Å²) in [6, 6.07) is 19.4. The Kier molecular flexibility index (Phi) is 5.75. The predicted octanol–water partition coefficient (Wildman–Crippen LogP) is 4.99. The first-order valence-electron chi connectivity index (χ1n) is 10.6. The second kappa shape index (κ2) is 8.90. The van der Waals surface area contributed by atoms with Crippen LogP contribution in [0.3, 0.4) is 0 Å². The van der Waals surface area contributed by atoms with Crippen LogP contribution in [0, 0.1) is 0 Å². The molecule has 0 saturated carbocycles. The molecule has 8 nitrogen and oxygen atoms in total. The average molecular weight is 505 g/mol. The van der Waals surface area contributed by atoms with Gasteiger partial charge < -0.3 is 16.4 Å². The van der Waals surface area contributed by atoms with Gasteiger partial charge in [0.05, 0.1) is 23.6 Å². The van der Waals surface area contributed by atoms with Gasteiger partial charge in [-0.05, 0) is 69.9 Å². The Morgan fingerprint density at radius 3 is 2.49 bits per heavy atom. The van der Waals surface area contributed by atoms with E-state index in [1.807, 2.05) is 16.8 Å². The summed E-state index contributed by atoms with van der Waals surface area (Å²) in [5.74, 6) is -0.354. The van der Waals surface area contributed by atoms with Crippen LogP contribution < -0.4 is 16.4 Å². The summed E-state index contributed by atoms with van der Waals surface area (Å²) in [7, 11) is -4.08. The van der Waals surface area contributed by atoms with Crippen molar-refractivity contribution in [3.05, 3.63) is 94.7 Å². The molecule has 176 valence electrons. The SMILES string of the molecule is Nc1ccccc1NC(=O)c1ccc(CN2C(=O)Nc3ccc(-c4ccsc4)cc3S2(=O)=O)cc1. The first-order chi connectivity index (χ1) is 16.8. The van der Waals surface area contributed by atoms with Gasteiger partial charge in [-0.1, -0.05) is 30.3 Å². The van der Waals surface area contributed by atoms with Crippen molar-refractivity contribution in [1.29, 1.82) is 0 Å². The van der Waals surface area contributed by atoms with Crippen LogP contribution >= 0.6 is 11.3 Å². The molecule has 10 heteroatoms. The van der Waals surface area contributed by atoms with E-state index in [0.29, 0.717) is 22.5 Å². The van der Waals surface area contributed by atoms with Gasteiger partial charge in [0, 0.05) is 5.56 Å². The summed E-state index contributed by atoms with van der Waals surface area (Å²) < 4.78 is 27.5. The van der Waals surface area contributed by atoms with E-state index in [0.717, 1.165) is 15.4 Å². The molecule has 1 aliphatic heterocycles. The smallest absolute Gasteiger partial charge is 0.336 e. The van der Waals surface area contributed by atoms with Gasteiger partial charge >= 0.3 is 6.03 Å². The molecule has 0 fully saturated rings. The molecule has 0 atom stereocenters.